The summed E-state index contributed by atoms with van der Waals surface area (Å²) in [7, 11) is 0. The van der Waals surface area contributed by atoms with Gasteiger partial charge in [0.05, 0.1) is 30.5 Å². The standard InChI is InChI=1S/C21H28N4O2/c1-15(2)25-14-16-6-5-8-18(20(16)23-25)22-21(26)17-7-3-4-9-19(17)24-10-12-27-13-11-24/h3-4,7,9,14-15,18H,5-6,8,10-13H2,1-2H3,(H,22,26)/t18-/m1/s1. The number of ether oxygens (including phenoxy) is 1. The molecular formula is C21H28N4O2. The van der Waals surface area contributed by atoms with E-state index in [1.165, 1.54) is 5.56 Å². The summed E-state index contributed by atoms with van der Waals surface area (Å²) in [6, 6.07) is 8.17. The molecule has 0 unspecified atom stereocenters. The second kappa shape index (κ2) is 7.72. The highest BCUT2D eigenvalue weighted by atomic mass is 16.5. The van der Waals surface area contributed by atoms with Gasteiger partial charge in [-0.15, -0.1) is 0 Å². The third kappa shape index (κ3) is 3.72. The van der Waals surface area contributed by atoms with Crippen LogP contribution in [0.5, 0.6) is 0 Å². The molecule has 1 fully saturated rings. The summed E-state index contributed by atoms with van der Waals surface area (Å²) in [4.78, 5) is 15.4. The van der Waals surface area contributed by atoms with Crippen molar-refractivity contribution in [3.8, 4) is 0 Å². The van der Waals surface area contributed by atoms with E-state index in [9.17, 15) is 4.79 Å². The number of anilines is 1. The van der Waals surface area contributed by atoms with Crippen LogP contribution in [-0.4, -0.2) is 42.0 Å². The van der Waals surface area contributed by atoms with E-state index in [0.29, 0.717) is 19.3 Å². The average molecular weight is 368 g/mol. The summed E-state index contributed by atoms with van der Waals surface area (Å²) in [6.07, 6.45) is 5.19. The van der Waals surface area contributed by atoms with Crippen LogP contribution in [0.4, 0.5) is 5.69 Å². The molecule has 144 valence electrons. The lowest BCUT2D eigenvalue weighted by Crippen LogP contribution is -2.38. The molecule has 2 aromatic rings. The summed E-state index contributed by atoms with van der Waals surface area (Å²) < 4.78 is 7.46. The quantitative estimate of drug-likeness (QED) is 0.901. The van der Waals surface area contributed by atoms with Gasteiger partial charge < -0.3 is 15.0 Å². The molecule has 1 amide bonds. The van der Waals surface area contributed by atoms with E-state index in [1.54, 1.807) is 0 Å². The smallest absolute Gasteiger partial charge is 0.253 e. The van der Waals surface area contributed by atoms with Gasteiger partial charge in [0.2, 0.25) is 0 Å². The van der Waals surface area contributed by atoms with Crippen LogP contribution in [0.3, 0.4) is 0 Å². The molecule has 0 saturated carbocycles. The van der Waals surface area contributed by atoms with Crippen LogP contribution in [0, 0.1) is 0 Å². The first-order chi connectivity index (χ1) is 13.1. The zero-order chi connectivity index (χ0) is 18.8. The number of carbonyl (C=O) groups excluding carboxylic acids is 1. The first-order valence-corrected chi connectivity index (χ1v) is 9.94. The number of rotatable bonds is 4. The minimum Gasteiger partial charge on any atom is -0.378 e. The van der Waals surface area contributed by atoms with Crippen molar-refractivity contribution in [2.75, 3.05) is 31.2 Å². The zero-order valence-corrected chi connectivity index (χ0v) is 16.1. The molecular weight excluding hydrogens is 340 g/mol. The Morgan fingerprint density at radius 1 is 1.26 bits per heavy atom. The maximum atomic E-state index is 13.1. The van der Waals surface area contributed by atoms with Crippen molar-refractivity contribution in [1.82, 2.24) is 15.1 Å². The van der Waals surface area contributed by atoms with E-state index < -0.39 is 0 Å². The highest BCUT2D eigenvalue weighted by Gasteiger charge is 2.27. The lowest BCUT2D eigenvalue weighted by atomic mass is 9.93. The predicted octanol–water partition coefficient (Wildman–Crippen LogP) is 3.11. The van der Waals surface area contributed by atoms with Crippen LogP contribution < -0.4 is 10.2 Å². The summed E-state index contributed by atoms with van der Waals surface area (Å²) in [5.41, 5.74) is 4.02. The average Bonchev–Trinajstić information content (AvgIpc) is 3.14. The van der Waals surface area contributed by atoms with Crippen LogP contribution in [0.15, 0.2) is 30.5 Å². The molecule has 1 aliphatic carbocycles. The van der Waals surface area contributed by atoms with Gasteiger partial charge in [0.1, 0.15) is 0 Å². The molecule has 27 heavy (non-hydrogen) atoms. The van der Waals surface area contributed by atoms with Gasteiger partial charge in [-0.2, -0.15) is 5.10 Å². The van der Waals surface area contributed by atoms with Crippen molar-refractivity contribution in [2.45, 2.75) is 45.2 Å². The third-order valence-electron chi connectivity index (χ3n) is 5.44. The van der Waals surface area contributed by atoms with Crippen molar-refractivity contribution in [3.05, 3.63) is 47.3 Å². The number of nitrogens with one attached hydrogen (secondary N) is 1. The van der Waals surface area contributed by atoms with E-state index in [-0.39, 0.29) is 11.9 Å². The number of aromatic nitrogens is 2. The number of amides is 1. The summed E-state index contributed by atoms with van der Waals surface area (Å²) in [6.45, 7) is 7.30. The number of nitrogens with zero attached hydrogens (tertiary/aromatic N) is 3. The van der Waals surface area contributed by atoms with Gasteiger partial charge in [-0.05, 0) is 50.8 Å². The largest absolute Gasteiger partial charge is 0.378 e. The van der Waals surface area contributed by atoms with Gasteiger partial charge in [0.25, 0.3) is 5.91 Å². The van der Waals surface area contributed by atoms with E-state index in [4.69, 9.17) is 9.84 Å². The maximum absolute atomic E-state index is 13.1. The number of benzene rings is 1. The van der Waals surface area contributed by atoms with Gasteiger partial charge in [-0.1, -0.05) is 12.1 Å². The van der Waals surface area contributed by atoms with Gasteiger partial charge in [-0.3, -0.25) is 9.48 Å². The number of para-hydroxylation sites is 1. The van der Waals surface area contributed by atoms with Crippen molar-refractivity contribution < 1.29 is 9.53 Å². The molecule has 1 aliphatic heterocycles. The molecule has 1 atom stereocenters. The van der Waals surface area contributed by atoms with Gasteiger partial charge in [0.15, 0.2) is 0 Å². The minimum absolute atomic E-state index is 0.0148. The molecule has 0 radical (unpaired) electrons. The molecule has 6 nitrogen and oxygen atoms in total. The van der Waals surface area contributed by atoms with E-state index >= 15 is 0 Å². The molecule has 2 heterocycles. The summed E-state index contributed by atoms with van der Waals surface area (Å²) in [5.74, 6) is -0.0194. The molecule has 1 aromatic heterocycles. The summed E-state index contributed by atoms with van der Waals surface area (Å²) >= 11 is 0. The summed E-state index contributed by atoms with van der Waals surface area (Å²) in [5, 5.41) is 8.02. The fourth-order valence-corrected chi connectivity index (χ4v) is 3.95. The van der Waals surface area contributed by atoms with Crippen LogP contribution in [0.25, 0.3) is 0 Å². The monoisotopic (exact) mass is 368 g/mol. The van der Waals surface area contributed by atoms with E-state index in [0.717, 1.165) is 49.3 Å². The van der Waals surface area contributed by atoms with Crippen LogP contribution >= 0.6 is 0 Å². The third-order valence-corrected chi connectivity index (χ3v) is 5.44. The van der Waals surface area contributed by atoms with Crippen LogP contribution in [-0.2, 0) is 11.2 Å². The van der Waals surface area contributed by atoms with Crippen LogP contribution in [0.1, 0.15) is 60.4 Å². The highest BCUT2D eigenvalue weighted by Crippen LogP contribution is 2.30. The fourth-order valence-electron chi connectivity index (χ4n) is 3.95. The molecule has 0 spiro atoms. The lowest BCUT2D eigenvalue weighted by molar-refractivity contribution is 0.0930. The molecule has 1 saturated heterocycles. The molecule has 1 N–H and O–H groups in total. The number of carbonyl (C=O) groups is 1. The maximum Gasteiger partial charge on any atom is 0.253 e. The Morgan fingerprint density at radius 3 is 2.81 bits per heavy atom. The predicted molar refractivity (Wildman–Crippen MR) is 105 cm³/mol. The fraction of sp³-hybridized carbons (Fsp3) is 0.524. The lowest BCUT2D eigenvalue weighted by Gasteiger charge is -2.30. The number of hydrogen-bond donors (Lipinski definition) is 1. The van der Waals surface area contributed by atoms with E-state index in [1.807, 2.05) is 28.9 Å². The Kier molecular flexibility index (Phi) is 5.16. The molecule has 4 rings (SSSR count). The Labute approximate surface area is 160 Å². The first-order valence-electron chi connectivity index (χ1n) is 9.94. The van der Waals surface area contributed by atoms with Crippen molar-refractivity contribution >= 4 is 11.6 Å². The second-order valence-corrected chi connectivity index (χ2v) is 7.65. The van der Waals surface area contributed by atoms with E-state index in [2.05, 4.69) is 30.3 Å². The van der Waals surface area contributed by atoms with Gasteiger partial charge in [0, 0.05) is 31.0 Å². The Morgan fingerprint density at radius 2 is 2.04 bits per heavy atom. The molecule has 6 heteroatoms. The van der Waals surface area contributed by atoms with Crippen LogP contribution in [0.2, 0.25) is 0 Å². The van der Waals surface area contributed by atoms with Crippen molar-refractivity contribution in [3.63, 3.8) is 0 Å². The number of hydrogen-bond acceptors (Lipinski definition) is 4. The second-order valence-electron chi connectivity index (χ2n) is 7.65. The normalized spacial score (nSPS) is 19.8. The SMILES string of the molecule is CC(C)n1cc2c(n1)[C@H](NC(=O)c1ccccc1N1CCOCC1)CCC2. The zero-order valence-electron chi connectivity index (χ0n) is 16.1. The number of fused-ring (bicyclic) bond motifs is 1. The van der Waals surface area contributed by atoms with Crippen molar-refractivity contribution in [1.29, 1.82) is 0 Å². The Balaban J connectivity index is 1.56. The Hall–Kier alpha value is -2.34. The van der Waals surface area contributed by atoms with Gasteiger partial charge in [-0.25, -0.2) is 0 Å². The highest BCUT2D eigenvalue weighted by molar-refractivity contribution is 6.00. The molecule has 1 aromatic carbocycles. The van der Waals surface area contributed by atoms with Gasteiger partial charge >= 0.3 is 0 Å². The minimum atomic E-state index is -0.0194. The molecule has 0 bridgehead atoms. The number of morpholine rings is 1. The van der Waals surface area contributed by atoms with Crippen molar-refractivity contribution in [2.24, 2.45) is 0 Å². The first kappa shape index (κ1) is 18.0. The Bertz CT molecular complexity index is 808. The number of aryl methyl sites for hydroxylation is 1. The molecule has 2 aliphatic rings. The topological polar surface area (TPSA) is 59.4 Å².